The maximum atomic E-state index is 9.92. The molecule has 0 aliphatic carbocycles. The quantitative estimate of drug-likeness (QED) is 0.135. The number of aryl methyl sites for hydroxylation is 2. The Balaban J connectivity index is 0.968. The molecular weight excluding hydrogens is 1080 g/mol. The number of aromatic nitrogens is 4. The van der Waals surface area contributed by atoms with Gasteiger partial charge in [-0.15, -0.1) is 0 Å². The van der Waals surface area contributed by atoms with E-state index in [0.29, 0.717) is 49.2 Å². The minimum absolute atomic E-state index is 0.0900. The van der Waals surface area contributed by atoms with Crippen molar-refractivity contribution in [2.45, 2.75) is 39.9 Å². The Hall–Kier alpha value is -8.25. The summed E-state index contributed by atoms with van der Waals surface area (Å²) in [5.74, 6) is 1.47. The fraction of sp³-hybridized carbons (Fsp3) is 0.0909. The molecule has 8 heteroatoms. The first-order valence-electron chi connectivity index (χ1n) is 29.1. The van der Waals surface area contributed by atoms with E-state index in [1.54, 1.807) is 36.4 Å². The van der Waals surface area contributed by atoms with Crippen LogP contribution in [0.1, 0.15) is 49.8 Å². The van der Waals surface area contributed by atoms with E-state index in [1.807, 2.05) is 126 Å². The molecule has 3 aromatic heterocycles. The molecule has 0 fully saturated rings. The molecule has 0 unspecified atom stereocenters. The topological polar surface area (TPSA) is 40.1 Å². The van der Waals surface area contributed by atoms with Crippen LogP contribution in [0.2, 0.25) is 0 Å². The van der Waals surface area contributed by atoms with Gasteiger partial charge in [0.2, 0.25) is 0 Å². The average Bonchev–Trinajstić information content (AvgIpc) is 2.05. The van der Waals surface area contributed by atoms with Gasteiger partial charge in [-0.25, -0.2) is 0 Å². The normalized spacial score (nSPS) is 14.5. The SMILES string of the molecule is [2H]c1c([2H])c(-c2cccc(C([2H])([2H])[2H])c2)c(-n2[c](=[Pt])n(-c3cccc(Oc4cccc(N5B(c6ccccc6)n6c7cc(C([2H])([2H])[2H])ccc7c7cccc5c76)n4)c3)c3ccccc32)c(-c2cc(-c3ccccc3)cc(C(C)(C)C)c2)c1[2H]. The summed E-state index contributed by atoms with van der Waals surface area (Å²) in [7, 11) is 0. The Bertz CT molecular complexity index is 4640. The van der Waals surface area contributed by atoms with Crippen LogP contribution in [-0.2, 0) is 24.8 Å². The van der Waals surface area contributed by atoms with Crippen molar-refractivity contribution in [1.29, 1.82) is 0 Å². The van der Waals surface area contributed by atoms with Crippen molar-refractivity contribution >= 4 is 56.8 Å². The van der Waals surface area contributed by atoms with Crippen molar-refractivity contribution in [2.24, 2.45) is 0 Å². The summed E-state index contributed by atoms with van der Waals surface area (Å²) in [6, 6.07) is 65.3. The van der Waals surface area contributed by atoms with Gasteiger partial charge in [-0.3, -0.25) is 0 Å². The number of fused-ring (bicyclic) bond motifs is 4. The zero-order chi connectivity index (χ0) is 57.9. The molecule has 0 amide bonds. The zero-order valence-electron chi connectivity index (χ0n) is 49.7. The summed E-state index contributed by atoms with van der Waals surface area (Å²) >= 11 is 2.29. The van der Waals surface area contributed by atoms with Gasteiger partial charge in [0.25, 0.3) is 0 Å². The maximum absolute atomic E-state index is 9.92. The number of rotatable bonds is 9. The first-order chi connectivity index (χ1) is 39.7. The van der Waals surface area contributed by atoms with Crippen LogP contribution in [0.15, 0.2) is 224 Å². The fourth-order valence-corrected chi connectivity index (χ4v) is 11.7. The molecule has 0 radical (unpaired) electrons. The molecule has 0 saturated carbocycles. The Kier molecular flexibility index (Phi) is 8.94. The summed E-state index contributed by atoms with van der Waals surface area (Å²) in [5, 5.41) is 1.97. The van der Waals surface area contributed by atoms with Gasteiger partial charge in [0.05, 0.1) is 0 Å². The van der Waals surface area contributed by atoms with E-state index >= 15 is 0 Å². The second-order valence-corrected chi connectivity index (χ2v) is 20.7. The van der Waals surface area contributed by atoms with Gasteiger partial charge in [0.15, 0.2) is 0 Å². The van der Waals surface area contributed by atoms with E-state index in [4.69, 9.17) is 17.9 Å². The number of imidazole rings is 1. The number of pyridine rings is 1. The molecule has 6 nitrogen and oxygen atoms in total. The molecule has 0 saturated heterocycles. The van der Waals surface area contributed by atoms with Gasteiger partial charge in [-0.05, 0) is 18.5 Å². The van der Waals surface area contributed by atoms with Gasteiger partial charge in [0.1, 0.15) is 0 Å². The van der Waals surface area contributed by atoms with Gasteiger partial charge in [0, 0.05) is 20.4 Å². The van der Waals surface area contributed by atoms with Gasteiger partial charge < -0.3 is 0 Å². The van der Waals surface area contributed by atoms with Gasteiger partial charge in [-0.2, -0.15) is 0 Å². The van der Waals surface area contributed by atoms with E-state index < -0.39 is 20.7 Å². The predicted molar refractivity (Wildman–Crippen MR) is 303 cm³/mol. The molecule has 13 rings (SSSR count). The van der Waals surface area contributed by atoms with E-state index in [-0.39, 0.29) is 34.7 Å². The van der Waals surface area contributed by atoms with E-state index in [0.717, 1.165) is 66.4 Å². The molecule has 0 atom stereocenters. The molecule has 0 spiro atoms. The number of hydrogen-bond donors (Lipinski definition) is 0. The van der Waals surface area contributed by atoms with E-state index in [1.165, 1.54) is 0 Å². The third-order valence-electron chi connectivity index (χ3n) is 14.0. The molecule has 9 aromatic carbocycles. The first-order valence-corrected chi connectivity index (χ1v) is 25.7. The summed E-state index contributed by atoms with van der Waals surface area (Å²) < 4.78 is 93.1. The van der Waals surface area contributed by atoms with Crippen LogP contribution in [0.3, 0.4) is 0 Å². The second-order valence-electron chi connectivity index (χ2n) is 19.7. The molecule has 74 heavy (non-hydrogen) atoms. The molecular formula is C66H52BN5OPt. The number of anilines is 2. The van der Waals surface area contributed by atoms with Crippen LogP contribution >= 0.6 is 0 Å². The summed E-state index contributed by atoms with van der Waals surface area (Å²) in [4.78, 5) is 7.37. The van der Waals surface area contributed by atoms with Crippen molar-refractivity contribution in [1.82, 2.24) is 18.6 Å². The second kappa shape index (κ2) is 18.0. The Morgan fingerprint density at radius 3 is 2.05 bits per heavy atom. The number of nitrogens with zero attached hydrogens (tertiary/aromatic N) is 5. The summed E-state index contributed by atoms with van der Waals surface area (Å²) in [5.41, 5.74) is 11.2. The standard InChI is InChI=1S/C66H52BN5O.Pt/c1-44-19-14-22-47(37-44)54-27-16-28-55(49-39-48(46-20-8-6-9-21-46)40-50(41-49)66(3,4)5)64(54)70-43-69(58-30-12-13-31-59(58)70)52-25-15-26-53(42-52)73-63-34-18-33-62(68-63)71-60-32-17-29-57-56-36-35-45(2)38-61(56)72(65(57)60)67(71)51-23-10-7-11-24-51;/h6-42H,1-5H3;/i1D3,2D3,16D,27D,28D;. The molecule has 0 N–H and O–H groups in total. The third-order valence-corrected chi connectivity index (χ3v) is 15.0. The summed E-state index contributed by atoms with van der Waals surface area (Å²) in [6.07, 6.45) is 0. The molecule has 1 aliphatic heterocycles. The molecule has 4 heterocycles. The van der Waals surface area contributed by atoms with Crippen LogP contribution in [-0.4, -0.2) is 25.6 Å². The van der Waals surface area contributed by atoms with Crippen molar-refractivity contribution in [2.75, 3.05) is 4.81 Å². The predicted octanol–water partition coefficient (Wildman–Crippen LogP) is 16.1. The number of benzene rings is 9. The molecule has 1 aliphatic rings. The Morgan fingerprint density at radius 2 is 1.26 bits per heavy atom. The fourth-order valence-electron chi connectivity index (χ4n) is 10.6. The van der Waals surface area contributed by atoms with E-state index in [2.05, 4.69) is 103 Å². The molecule has 0 bridgehead atoms. The van der Waals surface area contributed by atoms with Crippen molar-refractivity contribution in [3.63, 3.8) is 0 Å². The third kappa shape index (κ3) is 7.77. The van der Waals surface area contributed by atoms with Gasteiger partial charge in [-0.1, -0.05) is 54.6 Å². The van der Waals surface area contributed by atoms with Crippen LogP contribution in [0.25, 0.3) is 77.6 Å². The molecule has 360 valence electrons. The Morgan fingerprint density at radius 1 is 0.568 bits per heavy atom. The van der Waals surface area contributed by atoms with Gasteiger partial charge >= 0.3 is 364 Å². The van der Waals surface area contributed by atoms with Crippen LogP contribution in [0, 0.1) is 17.5 Å². The molecule has 12 aromatic rings. The number of ether oxygens (including phenoxy) is 1. The van der Waals surface area contributed by atoms with E-state index in [9.17, 15) is 4.11 Å². The number of hydrogen-bond acceptors (Lipinski definition) is 3. The Labute approximate surface area is 455 Å². The van der Waals surface area contributed by atoms with Crippen LogP contribution < -0.4 is 15.0 Å². The van der Waals surface area contributed by atoms with Crippen molar-refractivity contribution in [3.8, 4) is 56.4 Å². The zero-order valence-corrected chi connectivity index (χ0v) is 42.9. The monoisotopic (exact) mass is 1150 g/mol. The summed E-state index contributed by atoms with van der Waals surface area (Å²) in [6.45, 7) is 1.26. The first kappa shape index (κ1) is 36.6. The number of para-hydroxylation sites is 4. The average molecular weight is 1150 g/mol. The minimum atomic E-state index is -2.46. The van der Waals surface area contributed by atoms with Crippen LogP contribution in [0.5, 0.6) is 11.6 Å². The van der Waals surface area contributed by atoms with Crippen LogP contribution in [0.4, 0.5) is 11.5 Å². The van der Waals surface area contributed by atoms with Crippen molar-refractivity contribution < 1.29 is 36.4 Å². The van der Waals surface area contributed by atoms with Crippen molar-refractivity contribution in [3.05, 3.63) is 245 Å².